The fraction of sp³-hybridized carbons (Fsp3) is 0.250. The summed E-state index contributed by atoms with van der Waals surface area (Å²) in [7, 11) is 0. The number of hydrogen-bond donors (Lipinski definition) is 3. The van der Waals surface area contributed by atoms with Gasteiger partial charge in [0.1, 0.15) is 0 Å². The lowest BCUT2D eigenvalue weighted by molar-refractivity contribution is 0.102. The van der Waals surface area contributed by atoms with Crippen LogP contribution in [0.15, 0.2) is 71.6 Å². The number of fused-ring (bicyclic) bond motifs is 2. The molecule has 1 amide bonds. The van der Waals surface area contributed by atoms with E-state index in [1.807, 2.05) is 55.9 Å². The first-order valence-corrected chi connectivity index (χ1v) is 12.5. The summed E-state index contributed by atoms with van der Waals surface area (Å²) in [6.07, 6.45) is 1.19. The van der Waals surface area contributed by atoms with Crippen molar-refractivity contribution in [2.24, 2.45) is 0 Å². The summed E-state index contributed by atoms with van der Waals surface area (Å²) < 4.78 is 0. The van der Waals surface area contributed by atoms with Crippen molar-refractivity contribution < 1.29 is 4.79 Å². The highest BCUT2D eigenvalue weighted by Gasteiger charge is 2.28. The van der Waals surface area contributed by atoms with Gasteiger partial charge >= 0.3 is 0 Å². The highest BCUT2D eigenvalue weighted by molar-refractivity contribution is 7.99. The molecule has 33 heavy (non-hydrogen) atoms. The number of nitrogen functional groups attached to an aromatic ring is 1. The smallest absolute Gasteiger partial charge is 0.255 e. The summed E-state index contributed by atoms with van der Waals surface area (Å²) >= 11 is 1.94. The lowest BCUT2D eigenvalue weighted by Gasteiger charge is -2.32. The lowest BCUT2D eigenvalue weighted by atomic mass is 9.81. The van der Waals surface area contributed by atoms with Gasteiger partial charge in [-0.15, -0.1) is 11.8 Å². The van der Waals surface area contributed by atoms with E-state index in [0.717, 1.165) is 16.6 Å². The van der Waals surface area contributed by atoms with Crippen LogP contribution in [0.1, 0.15) is 50.0 Å². The molecule has 5 rings (SSSR count). The van der Waals surface area contributed by atoms with Crippen LogP contribution in [0.5, 0.6) is 0 Å². The second-order valence-corrected chi connectivity index (χ2v) is 9.86. The zero-order valence-electron chi connectivity index (χ0n) is 19.7. The van der Waals surface area contributed by atoms with Gasteiger partial charge in [-0.1, -0.05) is 52.0 Å². The molecule has 2 heterocycles. The summed E-state index contributed by atoms with van der Waals surface area (Å²) in [6, 6.07) is 21.9. The maximum Gasteiger partial charge on any atom is 0.255 e. The summed E-state index contributed by atoms with van der Waals surface area (Å²) in [5, 5.41) is 3.97. The van der Waals surface area contributed by atoms with Crippen molar-refractivity contribution in [3.63, 3.8) is 0 Å². The van der Waals surface area contributed by atoms with E-state index in [1.165, 1.54) is 28.2 Å². The largest absolute Gasteiger partial charge is 0.397 e. The van der Waals surface area contributed by atoms with Gasteiger partial charge in [-0.25, -0.2) is 0 Å². The zero-order chi connectivity index (χ0) is 23.6. The zero-order valence-corrected chi connectivity index (χ0v) is 20.5. The van der Waals surface area contributed by atoms with Crippen molar-refractivity contribution in [1.82, 2.24) is 4.98 Å². The molecule has 1 aliphatic rings. The molecular formula is C28H31N3OS. The van der Waals surface area contributed by atoms with Crippen LogP contribution in [-0.4, -0.2) is 16.6 Å². The Hall–Kier alpha value is -3.18. The Balaban J connectivity index is 0.00000126. The molecule has 1 aromatic heterocycles. The van der Waals surface area contributed by atoms with E-state index in [1.54, 1.807) is 12.1 Å². The van der Waals surface area contributed by atoms with Crippen molar-refractivity contribution in [1.29, 1.82) is 0 Å². The molecular weight excluding hydrogens is 426 g/mol. The van der Waals surface area contributed by atoms with Crippen LogP contribution in [0.25, 0.3) is 22.2 Å². The Morgan fingerprint density at radius 1 is 1.03 bits per heavy atom. The summed E-state index contributed by atoms with van der Waals surface area (Å²) in [6.45, 7) is 8.65. The molecule has 5 heteroatoms. The molecule has 4 N–H and O–H groups in total. The molecule has 3 aromatic carbocycles. The van der Waals surface area contributed by atoms with Gasteiger partial charge in [0.25, 0.3) is 5.91 Å². The minimum Gasteiger partial charge on any atom is -0.397 e. The standard InChI is InChI=1S/C26H25N3OS.C2H6/c1-26(2)11-12-31-24-10-9-16(13-19(24)26)22-14-17-7-8-18(15-23(17)28-22)25(30)29-21-6-4-3-5-20(21)27;1-2/h3-10,13-15,28H,11-12,27H2,1-2H3,(H,29,30);1-2H3. The van der Waals surface area contributed by atoms with Gasteiger partial charge in [-0.3, -0.25) is 4.79 Å². The van der Waals surface area contributed by atoms with Crippen LogP contribution in [0, 0.1) is 0 Å². The van der Waals surface area contributed by atoms with Gasteiger partial charge in [0.2, 0.25) is 0 Å². The minimum atomic E-state index is -0.177. The molecule has 0 saturated carbocycles. The van der Waals surface area contributed by atoms with E-state index < -0.39 is 0 Å². The number of para-hydroxylation sites is 2. The molecule has 1 aliphatic heterocycles. The average molecular weight is 458 g/mol. The van der Waals surface area contributed by atoms with Crippen molar-refractivity contribution in [3.8, 4) is 11.3 Å². The normalized spacial score (nSPS) is 14.2. The number of carbonyl (C=O) groups is 1. The van der Waals surface area contributed by atoms with E-state index in [4.69, 9.17) is 5.73 Å². The molecule has 0 fully saturated rings. The number of nitrogens with one attached hydrogen (secondary N) is 2. The summed E-state index contributed by atoms with van der Waals surface area (Å²) in [5.41, 5.74) is 12.5. The van der Waals surface area contributed by atoms with Crippen molar-refractivity contribution in [2.45, 2.75) is 44.4 Å². The first-order valence-electron chi connectivity index (χ1n) is 11.5. The number of amides is 1. The number of anilines is 2. The third kappa shape index (κ3) is 4.64. The first-order chi connectivity index (χ1) is 15.9. The van der Waals surface area contributed by atoms with Gasteiger partial charge in [-0.05, 0) is 71.2 Å². The second-order valence-electron chi connectivity index (χ2n) is 8.72. The monoisotopic (exact) mass is 457 g/mol. The molecule has 170 valence electrons. The Morgan fingerprint density at radius 3 is 2.61 bits per heavy atom. The number of aromatic nitrogens is 1. The van der Waals surface area contributed by atoms with Gasteiger partial charge in [-0.2, -0.15) is 0 Å². The number of thioether (sulfide) groups is 1. The van der Waals surface area contributed by atoms with E-state index in [9.17, 15) is 4.79 Å². The maximum atomic E-state index is 12.7. The Bertz CT molecular complexity index is 1310. The highest BCUT2D eigenvalue weighted by Crippen LogP contribution is 2.43. The van der Waals surface area contributed by atoms with Crippen molar-refractivity contribution in [3.05, 3.63) is 77.9 Å². The second kappa shape index (κ2) is 9.36. The SMILES string of the molecule is CC.CC1(C)CCSc2ccc(-c3cc4ccc(C(=O)Nc5ccccc5N)cc4[nH]3)cc21. The first kappa shape index (κ1) is 23.0. The van der Waals surface area contributed by atoms with Gasteiger partial charge in [0, 0.05) is 27.1 Å². The molecule has 4 aromatic rings. The Morgan fingerprint density at radius 2 is 1.82 bits per heavy atom. The van der Waals surface area contributed by atoms with Gasteiger partial charge in [0.05, 0.1) is 11.4 Å². The Kier molecular flexibility index (Phi) is 6.52. The fourth-order valence-corrected chi connectivity index (χ4v) is 5.62. The molecule has 0 saturated heterocycles. The van der Waals surface area contributed by atoms with Crippen molar-refractivity contribution >= 4 is 39.9 Å². The van der Waals surface area contributed by atoms with Gasteiger partial charge in [0.15, 0.2) is 0 Å². The fourth-order valence-electron chi connectivity index (χ4n) is 4.13. The van der Waals surface area contributed by atoms with E-state index >= 15 is 0 Å². The Labute approximate surface area is 200 Å². The minimum absolute atomic E-state index is 0.177. The summed E-state index contributed by atoms with van der Waals surface area (Å²) in [4.78, 5) is 17.6. The van der Waals surface area contributed by atoms with E-state index in [0.29, 0.717) is 16.9 Å². The molecule has 0 radical (unpaired) electrons. The van der Waals surface area contributed by atoms with Crippen LogP contribution >= 0.6 is 11.8 Å². The quantitative estimate of drug-likeness (QED) is 0.279. The van der Waals surface area contributed by atoms with Crippen LogP contribution in [0.4, 0.5) is 11.4 Å². The number of aromatic amines is 1. The third-order valence-corrected chi connectivity index (χ3v) is 7.17. The van der Waals surface area contributed by atoms with Crippen LogP contribution in [0.3, 0.4) is 0 Å². The number of hydrogen-bond acceptors (Lipinski definition) is 3. The highest BCUT2D eigenvalue weighted by atomic mass is 32.2. The maximum absolute atomic E-state index is 12.7. The predicted molar refractivity (Wildman–Crippen MR) is 142 cm³/mol. The molecule has 0 bridgehead atoms. The van der Waals surface area contributed by atoms with Crippen molar-refractivity contribution in [2.75, 3.05) is 16.8 Å². The van der Waals surface area contributed by atoms with Crippen LogP contribution in [-0.2, 0) is 5.41 Å². The predicted octanol–water partition coefficient (Wildman–Crippen LogP) is 7.47. The number of benzene rings is 3. The third-order valence-electron chi connectivity index (χ3n) is 6.10. The summed E-state index contributed by atoms with van der Waals surface area (Å²) in [5.74, 6) is 0.995. The number of nitrogens with two attached hydrogens (primary N) is 1. The van der Waals surface area contributed by atoms with Gasteiger partial charge < -0.3 is 16.0 Å². The number of rotatable bonds is 3. The topological polar surface area (TPSA) is 70.9 Å². The van der Waals surface area contributed by atoms with E-state index in [-0.39, 0.29) is 11.3 Å². The lowest BCUT2D eigenvalue weighted by Crippen LogP contribution is -2.22. The average Bonchev–Trinajstić information content (AvgIpc) is 3.25. The number of H-pyrrole nitrogens is 1. The van der Waals surface area contributed by atoms with E-state index in [2.05, 4.69) is 48.4 Å². The molecule has 0 aliphatic carbocycles. The van der Waals surface area contributed by atoms with Crippen LogP contribution in [0.2, 0.25) is 0 Å². The molecule has 0 unspecified atom stereocenters. The number of carbonyl (C=O) groups excluding carboxylic acids is 1. The molecule has 0 spiro atoms. The molecule has 0 atom stereocenters. The molecule has 4 nitrogen and oxygen atoms in total. The van der Waals surface area contributed by atoms with Crippen LogP contribution < -0.4 is 11.1 Å².